The molecular weight excluding hydrogens is 334 g/mol. The van der Waals surface area contributed by atoms with Crippen LogP contribution in [0.2, 0.25) is 5.02 Å². The van der Waals surface area contributed by atoms with Crippen molar-refractivity contribution in [1.29, 1.82) is 0 Å². The Kier molecular flexibility index (Phi) is 8.05. The second-order valence-electron chi connectivity index (χ2n) is 3.84. The van der Waals surface area contributed by atoms with Crippen LogP contribution in [0.25, 0.3) is 0 Å². The van der Waals surface area contributed by atoms with E-state index in [-0.39, 0.29) is 5.91 Å². The van der Waals surface area contributed by atoms with Crippen LogP contribution in [0.3, 0.4) is 0 Å². The maximum Gasteiger partial charge on any atom is 0.251 e. The van der Waals surface area contributed by atoms with Gasteiger partial charge in [0.15, 0.2) is 0 Å². The molecule has 0 saturated carbocycles. The van der Waals surface area contributed by atoms with Crippen molar-refractivity contribution in [2.45, 2.75) is 6.42 Å². The summed E-state index contributed by atoms with van der Waals surface area (Å²) in [6.07, 6.45) is 0.768. The van der Waals surface area contributed by atoms with Gasteiger partial charge in [-0.15, -0.1) is 0 Å². The van der Waals surface area contributed by atoms with Crippen LogP contribution in [0, 0.1) is 0 Å². The number of nitrogens with one attached hydrogen (secondary N) is 1. The molecule has 0 radical (unpaired) electrons. The van der Waals surface area contributed by atoms with E-state index in [1.54, 1.807) is 25.3 Å². The molecule has 1 amide bonds. The summed E-state index contributed by atoms with van der Waals surface area (Å²) in [5.74, 6) is -0.116. The Labute approximate surface area is 126 Å². The summed E-state index contributed by atoms with van der Waals surface area (Å²) < 4.78 is 10.9. The Morgan fingerprint density at radius 2 is 2.16 bits per heavy atom. The van der Waals surface area contributed by atoms with E-state index in [0.29, 0.717) is 41.4 Å². The number of ether oxygens (including phenoxy) is 2. The van der Waals surface area contributed by atoms with Crippen molar-refractivity contribution < 1.29 is 14.3 Å². The standard InChI is InChI=1S/C13H17BrClNO3/c1-18-7-8-19-6-2-5-16-13(17)10-3-4-12(15)11(14)9-10/h3-4,9H,2,5-8H2,1H3,(H,16,17). The van der Waals surface area contributed by atoms with Crippen LogP contribution in [0.15, 0.2) is 22.7 Å². The average molecular weight is 351 g/mol. The van der Waals surface area contributed by atoms with Crippen LogP contribution in [0.5, 0.6) is 0 Å². The lowest BCUT2D eigenvalue weighted by Gasteiger charge is -2.07. The number of carbonyl (C=O) groups is 1. The number of benzene rings is 1. The molecule has 0 aliphatic heterocycles. The molecule has 0 heterocycles. The molecule has 1 aromatic rings. The largest absolute Gasteiger partial charge is 0.382 e. The molecule has 0 aliphatic rings. The van der Waals surface area contributed by atoms with E-state index in [4.69, 9.17) is 21.1 Å². The number of hydrogen-bond acceptors (Lipinski definition) is 3. The molecule has 0 aliphatic carbocycles. The van der Waals surface area contributed by atoms with Gasteiger partial charge in [0.25, 0.3) is 5.91 Å². The van der Waals surface area contributed by atoms with Gasteiger partial charge in [0, 0.05) is 30.3 Å². The molecule has 19 heavy (non-hydrogen) atoms. The van der Waals surface area contributed by atoms with Crippen LogP contribution in [-0.2, 0) is 9.47 Å². The van der Waals surface area contributed by atoms with Gasteiger partial charge in [-0.25, -0.2) is 0 Å². The van der Waals surface area contributed by atoms with Gasteiger partial charge in [0.1, 0.15) is 0 Å². The third-order valence-electron chi connectivity index (χ3n) is 2.36. The second-order valence-corrected chi connectivity index (χ2v) is 5.11. The molecule has 1 rings (SSSR count). The first-order chi connectivity index (χ1) is 9.15. The fraction of sp³-hybridized carbons (Fsp3) is 0.462. The summed E-state index contributed by atoms with van der Waals surface area (Å²) in [7, 11) is 1.63. The van der Waals surface area contributed by atoms with Crippen molar-refractivity contribution in [2.75, 3.05) is 33.5 Å². The van der Waals surface area contributed by atoms with E-state index in [9.17, 15) is 4.79 Å². The Morgan fingerprint density at radius 3 is 2.84 bits per heavy atom. The smallest absolute Gasteiger partial charge is 0.251 e. The molecule has 0 aromatic heterocycles. The summed E-state index contributed by atoms with van der Waals surface area (Å²) in [5, 5.41) is 3.41. The van der Waals surface area contributed by atoms with E-state index in [1.165, 1.54) is 0 Å². The summed E-state index contributed by atoms with van der Waals surface area (Å²) in [5.41, 5.74) is 0.580. The normalized spacial score (nSPS) is 10.5. The van der Waals surface area contributed by atoms with Crippen molar-refractivity contribution >= 4 is 33.4 Å². The lowest BCUT2D eigenvalue weighted by molar-refractivity contribution is 0.0688. The Bertz CT molecular complexity index is 415. The number of amides is 1. The van der Waals surface area contributed by atoms with Crippen molar-refractivity contribution in [3.8, 4) is 0 Å². The third kappa shape index (κ3) is 6.38. The predicted octanol–water partition coefficient (Wildman–Crippen LogP) is 2.89. The van der Waals surface area contributed by atoms with Gasteiger partial charge < -0.3 is 14.8 Å². The minimum absolute atomic E-state index is 0.116. The van der Waals surface area contributed by atoms with Crippen molar-refractivity contribution in [2.24, 2.45) is 0 Å². The van der Waals surface area contributed by atoms with Crippen LogP contribution in [0.4, 0.5) is 0 Å². The average Bonchev–Trinajstić information content (AvgIpc) is 2.40. The van der Waals surface area contributed by atoms with E-state index in [0.717, 1.165) is 6.42 Å². The number of carbonyl (C=O) groups excluding carboxylic acids is 1. The summed E-state index contributed by atoms with van der Waals surface area (Å²) >= 11 is 9.15. The molecule has 0 spiro atoms. The van der Waals surface area contributed by atoms with E-state index < -0.39 is 0 Å². The molecule has 0 bridgehead atoms. The summed E-state index contributed by atoms with van der Waals surface area (Å²) in [6, 6.07) is 5.08. The monoisotopic (exact) mass is 349 g/mol. The Morgan fingerprint density at radius 1 is 1.37 bits per heavy atom. The molecular formula is C13H17BrClNO3. The van der Waals surface area contributed by atoms with Crippen molar-refractivity contribution in [3.63, 3.8) is 0 Å². The zero-order valence-corrected chi connectivity index (χ0v) is 13.1. The molecule has 1 N–H and O–H groups in total. The number of halogens is 2. The fourth-order valence-electron chi connectivity index (χ4n) is 1.36. The molecule has 0 atom stereocenters. The van der Waals surface area contributed by atoms with Gasteiger partial charge in [-0.2, -0.15) is 0 Å². The van der Waals surface area contributed by atoms with Crippen molar-refractivity contribution in [3.05, 3.63) is 33.3 Å². The highest BCUT2D eigenvalue weighted by Gasteiger charge is 2.06. The Hall–Kier alpha value is -0.620. The van der Waals surface area contributed by atoms with Crippen LogP contribution in [-0.4, -0.2) is 39.4 Å². The van der Waals surface area contributed by atoms with Gasteiger partial charge in [-0.05, 0) is 40.5 Å². The summed E-state index contributed by atoms with van der Waals surface area (Å²) in [6.45, 7) is 2.35. The van der Waals surface area contributed by atoms with Crippen molar-refractivity contribution in [1.82, 2.24) is 5.32 Å². The maximum atomic E-state index is 11.8. The molecule has 0 unspecified atom stereocenters. The first kappa shape index (κ1) is 16.4. The van der Waals surface area contributed by atoms with E-state index in [1.807, 2.05) is 0 Å². The molecule has 0 fully saturated rings. The van der Waals surface area contributed by atoms with Gasteiger partial charge in [0.05, 0.1) is 18.2 Å². The first-order valence-electron chi connectivity index (χ1n) is 5.95. The minimum atomic E-state index is -0.116. The topological polar surface area (TPSA) is 47.6 Å². The molecule has 1 aromatic carbocycles. The summed E-state index contributed by atoms with van der Waals surface area (Å²) in [4.78, 5) is 11.8. The fourth-order valence-corrected chi connectivity index (χ4v) is 1.86. The van der Waals surface area contributed by atoms with Gasteiger partial charge >= 0.3 is 0 Å². The highest BCUT2D eigenvalue weighted by atomic mass is 79.9. The predicted molar refractivity (Wildman–Crippen MR) is 78.8 cm³/mol. The van der Waals surface area contributed by atoms with E-state index in [2.05, 4.69) is 21.2 Å². The van der Waals surface area contributed by atoms with Gasteiger partial charge in [-0.3, -0.25) is 4.79 Å². The Balaban J connectivity index is 2.22. The third-order valence-corrected chi connectivity index (χ3v) is 3.58. The van der Waals surface area contributed by atoms with Gasteiger partial charge in [0.2, 0.25) is 0 Å². The molecule has 0 saturated heterocycles. The zero-order valence-electron chi connectivity index (χ0n) is 10.7. The quantitative estimate of drug-likeness (QED) is 0.733. The molecule has 6 heteroatoms. The highest BCUT2D eigenvalue weighted by Crippen LogP contribution is 2.23. The number of rotatable bonds is 8. The lowest BCUT2D eigenvalue weighted by atomic mass is 10.2. The zero-order chi connectivity index (χ0) is 14.1. The first-order valence-corrected chi connectivity index (χ1v) is 7.12. The maximum absolute atomic E-state index is 11.8. The van der Waals surface area contributed by atoms with Crippen LogP contribution >= 0.6 is 27.5 Å². The lowest BCUT2D eigenvalue weighted by Crippen LogP contribution is -2.25. The number of hydrogen-bond donors (Lipinski definition) is 1. The second kappa shape index (κ2) is 9.31. The van der Waals surface area contributed by atoms with E-state index >= 15 is 0 Å². The highest BCUT2D eigenvalue weighted by molar-refractivity contribution is 9.10. The minimum Gasteiger partial charge on any atom is -0.382 e. The van der Waals surface area contributed by atoms with Crippen LogP contribution < -0.4 is 5.32 Å². The van der Waals surface area contributed by atoms with Gasteiger partial charge in [-0.1, -0.05) is 11.6 Å². The molecule has 4 nitrogen and oxygen atoms in total. The van der Waals surface area contributed by atoms with Crippen LogP contribution in [0.1, 0.15) is 16.8 Å². The SMILES string of the molecule is COCCOCCCNC(=O)c1ccc(Cl)c(Br)c1. The number of methoxy groups -OCH3 is 1. The molecule has 106 valence electrons.